The van der Waals surface area contributed by atoms with Gasteiger partial charge in [0.15, 0.2) is 0 Å². The first kappa shape index (κ1) is 12.0. The smallest absolute Gasteiger partial charge is 0.242 e. The van der Waals surface area contributed by atoms with E-state index < -0.39 is 0 Å². The Bertz CT molecular complexity index is 268. The molecule has 0 aromatic rings. The van der Waals surface area contributed by atoms with Crippen molar-refractivity contribution in [2.45, 2.75) is 40.2 Å². The van der Waals surface area contributed by atoms with E-state index in [1.54, 1.807) is 11.8 Å². The Balaban J connectivity index is 2.58. The van der Waals surface area contributed by atoms with E-state index in [9.17, 15) is 9.59 Å². The molecule has 0 saturated carbocycles. The zero-order valence-corrected chi connectivity index (χ0v) is 9.96. The van der Waals surface area contributed by atoms with Crippen LogP contribution in [0.2, 0.25) is 0 Å². The molecule has 1 unspecified atom stereocenters. The van der Waals surface area contributed by atoms with E-state index in [1.807, 2.05) is 0 Å². The van der Waals surface area contributed by atoms with Gasteiger partial charge in [-0.05, 0) is 18.8 Å². The number of carbonyl (C=O) groups is 2. The third-order valence-electron chi connectivity index (χ3n) is 2.68. The highest BCUT2D eigenvalue weighted by molar-refractivity contribution is 5.94. The van der Waals surface area contributed by atoms with Crippen molar-refractivity contribution >= 4 is 11.8 Å². The Morgan fingerprint density at radius 1 is 1.40 bits per heavy atom. The van der Waals surface area contributed by atoms with Crippen LogP contribution in [-0.4, -0.2) is 35.8 Å². The van der Waals surface area contributed by atoms with E-state index in [-0.39, 0.29) is 29.8 Å². The molecule has 1 N–H and O–H groups in total. The second-order valence-corrected chi connectivity index (χ2v) is 5.29. The van der Waals surface area contributed by atoms with Crippen LogP contribution in [0.15, 0.2) is 0 Å². The molecule has 1 saturated heterocycles. The molecule has 1 aliphatic rings. The minimum absolute atomic E-state index is 0.0198. The predicted octanol–water partition coefficient (Wildman–Crippen LogP) is 0.769. The molecule has 86 valence electrons. The molecule has 0 radical (unpaired) electrons. The standard InChI is InChI=1S/C11H20N2O2/c1-8-10(15)12-7-9(14)13(8)6-5-11(2,3)4/h8H,5-7H2,1-4H3,(H,12,15). The summed E-state index contributed by atoms with van der Waals surface area (Å²) < 4.78 is 0. The van der Waals surface area contributed by atoms with E-state index in [4.69, 9.17) is 0 Å². The van der Waals surface area contributed by atoms with Gasteiger partial charge in [0.05, 0.1) is 6.54 Å². The van der Waals surface area contributed by atoms with Gasteiger partial charge >= 0.3 is 0 Å². The van der Waals surface area contributed by atoms with Gasteiger partial charge in [0, 0.05) is 6.54 Å². The molecular weight excluding hydrogens is 192 g/mol. The molecule has 0 aromatic heterocycles. The lowest BCUT2D eigenvalue weighted by molar-refractivity contribution is -0.145. The van der Waals surface area contributed by atoms with E-state index in [0.29, 0.717) is 6.54 Å². The van der Waals surface area contributed by atoms with Crippen molar-refractivity contribution in [1.29, 1.82) is 0 Å². The van der Waals surface area contributed by atoms with Gasteiger partial charge < -0.3 is 10.2 Å². The highest BCUT2D eigenvalue weighted by Crippen LogP contribution is 2.20. The quantitative estimate of drug-likeness (QED) is 0.735. The lowest BCUT2D eigenvalue weighted by Crippen LogP contribution is -2.57. The molecule has 4 nitrogen and oxygen atoms in total. The van der Waals surface area contributed by atoms with Crippen molar-refractivity contribution in [2.75, 3.05) is 13.1 Å². The largest absolute Gasteiger partial charge is 0.345 e. The SMILES string of the molecule is CC1C(=O)NCC(=O)N1CCC(C)(C)C. The fourth-order valence-electron chi connectivity index (χ4n) is 1.54. The van der Waals surface area contributed by atoms with Crippen molar-refractivity contribution < 1.29 is 9.59 Å². The van der Waals surface area contributed by atoms with Gasteiger partial charge in [0.25, 0.3) is 0 Å². The Kier molecular flexibility index (Phi) is 3.37. The number of carbonyl (C=O) groups excluding carboxylic acids is 2. The second kappa shape index (κ2) is 4.21. The number of rotatable bonds is 2. The first-order valence-electron chi connectivity index (χ1n) is 5.38. The van der Waals surface area contributed by atoms with Crippen LogP contribution in [0.1, 0.15) is 34.1 Å². The van der Waals surface area contributed by atoms with E-state index in [2.05, 4.69) is 26.1 Å². The maximum Gasteiger partial charge on any atom is 0.242 e. The maximum absolute atomic E-state index is 11.6. The van der Waals surface area contributed by atoms with Crippen molar-refractivity contribution in [2.24, 2.45) is 5.41 Å². The van der Waals surface area contributed by atoms with Crippen LogP contribution in [0.4, 0.5) is 0 Å². The van der Waals surface area contributed by atoms with Gasteiger partial charge in [-0.3, -0.25) is 9.59 Å². The monoisotopic (exact) mass is 212 g/mol. The number of amides is 2. The minimum Gasteiger partial charge on any atom is -0.345 e. The third kappa shape index (κ3) is 3.22. The highest BCUT2D eigenvalue weighted by atomic mass is 16.2. The van der Waals surface area contributed by atoms with Crippen molar-refractivity contribution in [3.8, 4) is 0 Å². The van der Waals surface area contributed by atoms with Crippen LogP contribution in [0.25, 0.3) is 0 Å². The van der Waals surface area contributed by atoms with Crippen LogP contribution in [0, 0.1) is 5.41 Å². The van der Waals surface area contributed by atoms with E-state index >= 15 is 0 Å². The fraction of sp³-hybridized carbons (Fsp3) is 0.818. The number of hydrogen-bond donors (Lipinski definition) is 1. The van der Waals surface area contributed by atoms with E-state index in [0.717, 1.165) is 6.42 Å². The van der Waals surface area contributed by atoms with Crippen molar-refractivity contribution in [3.63, 3.8) is 0 Å². The molecule has 0 aromatic carbocycles. The Hall–Kier alpha value is -1.06. The molecule has 2 amide bonds. The summed E-state index contributed by atoms with van der Waals surface area (Å²) in [6.07, 6.45) is 0.913. The summed E-state index contributed by atoms with van der Waals surface area (Å²) in [5, 5.41) is 2.58. The van der Waals surface area contributed by atoms with Crippen LogP contribution < -0.4 is 5.32 Å². The summed E-state index contributed by atoms with van der Waals surface area (Å²) in [4.78, 5) is 24.6. The Morgan fingerprint density at radius 2 is 2.00 bits per heavy atom. The zero-order chi connectivity index (χ0) is 11.6. The summed E-state index contributed by atoms with van der Waals surface area (Å²) in [5.74, 6) is -0.0325. The van der Waals surface area contributed by atoms with Crippen molar-refractivity contribution in [1.82, 2.24) is 10.2 Å². The number of hydrogen-bond acceptors (Lipinski definition) is 2. The van der Waals surface area contributed by atoms with Crippen LogP contribution in [-0.2, 0) is 9.59 Å². The second-order valence-electron chi connectivity index (χ2n) is 5.29. The van der Waals surface area contributed by atoms with Crippen LogP contribution in [0.5, 0.6) is 0 Å². The van der Waals surface area contributed by atoms with Crippen LogP contribution >= 0.6 is 0 Å². The maximum atomic E-state index is 11.6. The molecular formula is C11H20N2O2. The molecule has 1 atom stereocenters. The number of nitrogens with one attached hydrogen (secondary N) is 1. The predicted molar refractivity (Wildman–Crippen MR) is 58.3 cm³/mol. The van der Waals surface area contributed by atoms with Gasteiger partial charge in [-0.15, -0.1) is 0 Å². The molecule has 15 heavy (non-hydrogen) atoms. The zero-order valence-electron chi connectivity index (χ0n) is 9.96. The summed E-state index contributed by atoms with van der Waals surface area (Å²) in [7, 11) is 0. The lowest BCUT2D eigenvalue weighted by Gasteiger charge is -2.34. The molecule has 0 aliphatic carbocycles. The lowest BCUT2D eigenvalue weighted by atomic mass is 9.92. The fourth-order valence-corrected chi connectivity index (χ4v) is 1.54. The van der Waals surface area contributed by atoms with Gasteiger partial charge in [0.1, 0.15) is 6.04 Å². The van der Waals surface area contributed by atoms with Gasteiger partial charge in [-0.25, -0.2) is 0 Å². The third-order valence-corrected chi connectivity index (χ3v) is 2.68. The summed E-state index contributed by atoms with van der Waals surface area (Å²) in [6.45, 7) is 8.98. The van der Waals surface area contributed by atoms with Crippen LogP contribution in [0.3, 0.4) is 0 Å². The number of piperazine rings is 1. The first-order chi connectivity index (χ1) is 6.81. The summed E-state index contributed by atoms with van der Waals surface area (Å²) in [5.41, 5.74) is 0.188. The summed E-state index contributed by atoms with van der Waals surface area (Å²) in [6, 6.07) is -0.325. The molecule has 1 aliphatic heterocycles. The van der Waals surface area contributed by atoms with Gasteiger partial charge in [-0.1, -0.05) is 20.8 Å². The van der Waals surface area contributed by atoms with Gasteiger partial charge in [-0.2, -0.15) is 0 Å². The average molecular weight is 212 g/mol. The topological polar surface area (TPSA) is 49.4 Å². The Labute approximate surface area is 91.0 Å². The molecule has 1 fully saturated rings. The van der Waals surface area contributed by atoms with Crippen molar-refractivity contribution in [3.05, 3.63) is 0 Å². The molecule has 1 heterocycles. The molecule has 0 spiro atoms. The Morgan fingerprint density at radius 3 is 2.53 bits per heavy atom. The highest BCUT2D eigenvalue weighted by Gasteiger charge is 2.31. The minimum atomic E-state index is -0.325. The molecule has 0 bridgehead atoms. The molecule has 1 rings (SSSR count). The van der Waals surface area contributed by atoms with Gasteiger partial charge in [0.2, 0.25) is 11.8 Å². The molecule has 4 heteroatoms. The van der Waals surface area contributed by atoms with E-state index in [1.165, 1.54) is 0 Å². The average Bonchev–Trinajstić information content (AvgIpc) is 2.10. The first-order valence-corrected chi connectivity index (χ1v) is 5.38. The summed E-state index contributed by atoms with van der Waals surface area (Å²) >= 11 is 0. The normalized spacial score (nSPS) is 22.9. The number of nitrogens with zero attached hydrogens (tertiary/aromatic N) is 1.